The van der Waals surface area contributed by atoms with Crippen molar-refractivity contribution in [2.75, 3.05) is 0 Å². The lowest BCUT2D eigenvalue weighted by atomic mass is 10.1. The van der Waals surface area contributed by atoms with Gasteiger partial charge in [0.05, 0.1) is 22.6 Å². The van der Waals surface area contributed by atoms with Crippen LogP contribution in [0.2, 0.25) is 10.3 Å². The molecule has 86 valence electrons. The molecule has 0 saturated carbocycles. The molecule has 0 spiro atoms. The average molecular weight is 267 g/mol. The van der Waals surface area contributed by atoms with Gasteiger partial charge in [-0.3, -0.25) is 4.98 Å². The fourth-order valence-corrected chi connectivity index (χ4v) is 1.67. The van der Waals surface area contributed by atoms with Crippen LogP contribution < -0.4 is 5.73 Å². The molecule has 0 aliphatic rings. The summed E-state index contributed by atoms with van der Waals surface area (Å²) >= 11 is 11.7. The normalized spacial score (nSPS) is 11.5. The van der Waals surface area contributed by atoms with E-state index in [1.807, 2.05) is 18.2 Å². The second kappa shape index (κ2) is 5.12. The summed E-state index contributed by atoms with van der Waals surface area (Å²) in [6.45, 7) is 0. The smallest absolute Gasteiger partial charge is 0.222 e. The van der Waals surface area contributed by atoms with Gasteiger partial charge in [-0.1, -0.05) is 17.7 Å². The molecule has 0 radical (unpaired) electrons. The van der Waals surface area contributed by atoms with Crippen LogP contribution >= 0.6 is 23.2 Å². The van der Waals surface area contributed by atoms with Gasteiger partial charge in [0.2, 0.25) is 5.28 Å². The van der Waals surface area contributed by atoms with E-state index in [1.54, 1.807) is 6.20 Å². The molecule has 0 aromatic carbocycles. The van der Waals surface area contributed by atoms with E-state index in [0.29, 0.717) is 22.0 Å². The summed E-state index contributed by atoms with van der Waals surface area (Å²) in [4.78, 5) is 12.0. The molecule has 0 aliphatic heterocycles. The Balaban J connectivity index is 2.54. The maximum Gasteiger partial charge on any atom is 0.222 e. The molecule has 0 aliphatic carbocycles. The molecule has 0 bridgehead atoms. The van der Waals surface area contributed by atoms with Crippen molar-refractivity contribution in [3.05, 3.63) is 58.5 Å². The molecule has 4 nitrogen and oxygen atoms in total. The Labute approximate surface area is 108 Å². The summed E-state index contributed by atoms with van der Waals surface area (Å²) in [5.41, 5.74) is 7.34. The molecule has 0 unspecified atom stereocenters. The van der Waals surface area contributed by atoms with Gasteiger partial charge in [0.1, 0.15) is 0 Å². The summed E-state index contributed by atoms with van der Waals surface area (Å²) in [6.07, 6.45) is 4.49. The van der Waals surface area contributed by atoms with Gasteiger partial charge >= 0.3 is 0 Å². The topological polar surface area (TPSA) is 64.7 Å². The van der Waals surface area contributed by atoms with E-state index in [9.17, 15) is 0 Å². The fraction of sp³-hybridized carbons (Fsp3) is 0. The van der Waals surface area contributed by atoms with Crippen LogP contribution in [0.1, 0.15) is 11.4 Å². The van der Waals surface area contributed by atoms with Crippen molar-refractivity contribution in [1.82, 2.24) is 15.0 Å². The number of rotatable bonds is 2. The van der Waals surface area contributed by atoms with Crippen LogP contribution in [-0.2, 0) is 0 Å². The number of aromatic nitrogens is 3. The lowest BCUT2D eigenvalue weighted by Crippen LogP contribution is -1.99. The summed E-state index contributed by atoms with van der Waals surface area (Å²) in [5.74, 6) is 0. The summed E-state index contributed by atoms with van der Waals surface area (Å²) in [7, 11) is 0. The predicted octanol–water partition coefficient (Wildman–Crippen LogP) is 2.53. The maximum atomic E-state index is 6.01. The molecule has 6 heteroatoms. The minimum Gasteiger partial charge on any atom is -0.404 e. The van der Waals surface area contributed by atoms with Crippen molar-refractivity contribution in [3.63, 3.8) is 0 Å². The Kier molecular flexibility index (Phi) is 3.56. The van der Waals surface area contributed by atoms with E-state index < -0.39 is 0 Å². The van der Waals surface area contributed by atoms with Crippen LogP contribution in [0, 0.1) is 0 Å². The zero-order valence-corrected chi connectivity index (χ0v) is 10.2. The first-order chi connectivity index (χ1) is 8.22. The highest BCUT2D eigenvalue weighted by molar-refractivity contribution is 6.33. The first-order valence-corrected chi connectivity index (χ1v) is 5.49. The van der Waals surface area contributed by atoms with Crippen LogP contribution in [0.5, 0.6) is 0 Å². The Morgan fingerprint density at radius 2 is 2.06 bits per heavy atom. The monoisotopic (exact) mass is 266 g/mol. The summed E-state index contributed by atoms with van der Waals surface area (Å²) < 4.78 is 0. The van der Waals surface area contributed by atoms with Gasteiger partial charge in [-0.2, -0.15) is 0 Å². The van der Waals surface area contributed by atoms with Crippen LogP contribution in [0.4, 0.5) is 0 Å². The van der Waals surface area contributed by atoms with Gasteiger partial charge in [-0.05, 0) is 23.7 Å². The quantitative estimate of drug-likeness (QED) is 0.849. The third-order valence-corrected chi connectivity index (χ3v) is 2.54. The Hall–Kier alpha value is -1.65. The van der Waals surface area contributed by atoms with Crippen molar-refractivity contribution in [2.24, 2.45) is 5.73 Å². The number of halogens is 2. The maximum absolute atomic E-state index is 6.01. The standard InChI is InChI=1S/C11H8Cl2N4/c12-8-6-16-11(13)17-10(8)7(5-14)9-3-1-2-4-15-9/h1-6H,14H2. The predicted molar refractivity (Wildman–Crippen MR) is 67.6 cm³/mol. The molecule has 17 heavy (non-hydrogen) atoms. The van der Waals surface area contributed by atoms with Gasteiger partial charge < -0.3 is 5.73 Å². The van der Waals surface area contributed by atoms with Gasteiger partial charge in [0.15, 0.2) is 0 Å². The third kappa shape index (κ3) is 2.54. The molecule has 0 fully saturated rings. The lowest BCUT2D eigenvalue weighted by Gasteiger charge is -2.07. The molecule has 0 amide bonds. The van der Waals surface area contributed by atoms with Crippen LogP contribution in [0.3, 0.4) is 0 Å². The third-order valence-electron chi connectivity index (χ3n) is 2.08. The highest BCUT2D eigenvalue weighted by atomic mass is 35.5. The highest BCUT2D eigenvalue weighted by Gasteiger charge is 2.12. The van der Waals surface area contributed by atoms with Crippen molar-refractivity contribution in [3.8, 4) is 0 Å². The molecular formula is C11H8Cl2N4. The highest BCUT2D eigenvalue weighted by Crippen LogP contribution is 2.26. The molecule has 0 saturated heterocycles. The van der Waals surface area contributed by atoms with Gasteiger partial charge in [0.25, 0.3) is 0 Å². The molecular weight excluding hydrogens is 259 g/mol. The summed E-state index contributed by atoms with van der Waals surface area (Å²) in [6, 6.07) is 5.47. The Bertz CT molecular complexity index is 555. The van der Waals surface area contributed by atoms with E-state index >= 15 is 0 Å². The minimum absolute atomic E-state index is 0.111. The number of hydrogen-bond acceptors (Lipinski definition) is 4. The molecule has 2 heterocycles. The van der Waals surface area contributed by atoms with E-state index in [0.717, 1.165) is 0 Å². The molecule has 2 aromatic rings. The van der Waals surface area contributed by atoms with Crippen LogP contribution in [-0.4, -0.2) is 15.0 Å². The van der Waals surface area contributed by atoms with Crippen molar-refractivity contribution in [1.29, 1.82) is 0 Å². The SMILES string of the molecule is NC=C(c1ccccn1)c1nc(Cl)ncc1Cl. The number of nitrogens with two attached hydrogens (primary N) is 1. The zero-order valence-electron chi connectivity index (χ0n) is 8.64. The number of hydrogen-bond donors (Lipinski definition) is 1. The number of pyridine rings is 1. The summed E-state index contributed by atoms with van der Waals surface area (Å²) in [5, 5.41) is 0.483. The van der Waals surface area contributed by atoms with Gasteiger partial charge in [0, 0.05) is 18.0 Å². The fourth-order valence-electron chi connectivity index (χ4n) is 1.34. The van der Waals surface area contributed by atoms with E-state index in [-0.39, 0.29) is 5.28 Å². The second-order valence-electron chi connectivity index (χ2n) is 3.13. The van der Waals surface area contributed by atoms with Gasteiger partial charge in [-0.25, -0.2) is 9.97 Å². The number of nitrogens with zero attached hydrogens (tertiary/aromatic N) is 3. The van der Waals surface area contributed by atoms with Gasteiger partial charge in [-0.15, -0.1) is 0 Å². The lowest BCUT2D eigenvalue weighted by molar-refractivity contribution is 1.13. The van der Waals surface area contributed by atoms with Crippen LogP contribution in [0.15, 0.2) is 36.8 Å². The van der Waals surface area contributed by atoms with Crippen molar-refractivity contribution in [2.45, 2.75) is 0 Å². The molecule has 0 atom stereocenters. The van der Waals surface area contributed by atoms with Crippen molar-refractivity contribution >= 4 is 28.8 Å². The second-order valence-corrected chi connectivity index (χ2v) is 3.88. The first-order valence-electron chi connectivity index (χ1n) is 4.74. The molecule has 2 aromatic heterocycles. The van der Waals surface area contributed by atoms with Crippen LogP contribution in [0.25, 0.3) is 5.57 Å². The first kappa shape index (κ1) is 11.8. The van der Waals surface area contributed by atoms with E-state index in [2.05, 4.69) is 15.0 Å². The molecule has 2 N–H and O–H groups in total. The zero-order chi connectivity index (χ0) is 12.3. The Morgan fingerprint density at radius 3 is 2.71 bits per heavy atom. The van der Waals surface area contributed by atoms with E-state index in [4.69, 9.17) is 28.9 Å². The van der Waals surface area contributed by atoms with Crippen molar-refractivity contribution < 1.29 is 0 Å². The molecule has 2 rings (SSSR count). The minimum atomic E-state index is 0.111. The Morgan fingerprint density at radius 1 is 1.24 bits per heavy atom. The van der Waals surface area contributed by atoms with E-state index in [1.165, 1.54) is 12.4 Å². The largest absolute Gasteiger partial charge is 0.404 e. The average Bonchev–Trinajstić information content (AvgIpc) is 2.36.